The molecule has 1 saturated heterocycles. The van der Waals surface area contributed by atoms with E-state index in [1.807, 2.05) is 27.8 Å². The first-order chi connectivity index (χ1) is 18.2. The average Bonchev–Trinajstić information content (AvgIpc) is 3.62. The van der Waals surface area contributed by atoms with Crippen molar-refractivity contribution < 1.29 is 9.53 Å². The van der Waals surface area contributed by atoms with E-state index in [2.05, 4.69) is 39.4 Å². The standard InChI is InChI=1S/C28H31N7O2/c1-20(36)34-14-12-33(13-15-34)11-9-23-7-5-22(17-29-23)25-18-30-27(35-19-31-32-28(25)35)8-6-21-3-2-4-26-24(21)10-16-37-26/h2-5,7,17-19H,6,8-16H2,1H3. The molecule has 0 unspecified atom stereocenters. The lowest BCUT2D eigenvalue weighted by Crippen LogP contribution is -2.48. The van der Waals surface area contributed by atoms with Crippen LogP contribution in [0, 0.1) is 0 Å². The molecular weight excluding hydrogens is 466 g/mol. The van der Waals surface area contributed by atoms with Crippen LogP contribution >= 0.6 is 0 Å². The number of carbonyl (C=O) groups is 1. The van der Waals surface area contributed by atoms with E-state index in [1.165, 1.54) is 11.1 Å². The van der Waals surface area contributed by atoms with Gasteiger partial charge in [-0.05, 0) is 24.1 Å². The molecule has 0 atom stereocenters. The smallest absolute Gasteiger partial charge is 0.219 e. The van der Waals surface area contributed by atoms with Crippen molar-refractivity contribution in [3.63, 3.8) is 0 Å². The van der Waals surface area contributed by atoms with E-state index >= 15 is 0 Å². The van der Waals surface area contributed by atoms with E-state index in [4.69, 9.17) is 14.7 Å². The van der Waals surface area contributed by atoms with Gasteiger partial charge in [-0.2, -0.15) is 0 Å². The third-order valence-electron chi connectivity index (χ3n) is 7.50. The molecule has 1 amide bonds. The maximum absolute atomic E-state index is 11.5. The van der Waals surface area contributed by atoms with Gasteiger partial charge in [0.25, 0.3) is 0 Å². The Labute approximate surface area is 216 Å². The number of fused-ring (bicyclic) bond motifs is 2. The fourth-order valence-corrected chi connectivity index (χ4v) is 5.32. The van der Waals surface area contributed by atoms with Crippen LogP contribution in [0.2, 0.25) is 0 Å². The summed E-state index contributed by atoms with van der Waals surface area (Å²) in [5, 5.41) is 8.58. The molecule has 0 bridgehead atoms. The van der Waals surface area contributed by atoms with Crippen LogP contribution < -0.4 is 4.74 Å². The predicted molar refractivity (Wildman–Crippen MR) is 139 cm³/mol. The lowest BCUT2D eigenvalue weighted by Gasteiger charge is -2.34. The van der Waals surface area contributed by atoms with Gasteiger partial charge in [-0.3, -0.25) is 19.1 Å². The first-order valence-electron chi connectivity index (χ1n) is 13.0. The minimum atomic E-state index is 0.163. The van der Waals surface area contributed by atoms with E-state index in [-0.39, 0.29) is 5.91 Å². The van der Waals surface area contributed by atoms with Crippen LogP contribution in [0.15, 0.2) is 49.1 Å². The number of hydrogen-bond donors (Lipinski definition) is 0. The minimum absolute atomic E-state index is 0.163. The molecule has 37 heavy (non-hydrogen) atoms. The van der Waals surface area contributed by atoms with Crippen molar-refractivity contribution >= 4 is 11.6 Å². The summed E-state index contributed by atoms with van der Waals surface area (Å²) in [5.74, 6) is 2.12. The summed E-state index contributed by atoms with van der Waals surface area (Å²) >= 11 is 0. The number of pyridine rings is 1. The van der Waals surface area contributed by atoms with Gasteiger partial charge in [0, 0.05) is 93.7 Å². The van der Waals surface area contributed by atoms with Gasteiger partial charge in [-0.25, -0.2) is 4.98 Å². The summed E-state index contributed by atoms with van der Waals surface area (Å²) in [5.41, 5.74) is 6.40. The van der Waals surface area contributed by atoms with Gasteiger partial charge in [0.2, 0.25) is 5.91 Å². The van der Waals surface area contributed by atoms with Crippen molar-refractivity contribution in [1.82, 2.24) is 34.4 Å². The SMILES string of the molecule is CC(=O)N1CCN(CCc2ccc(-c3cnc(CCc4cccc5c4CCO5)n4cnnc34)cn2)CC1. The Morgan fingerprint density at radius 1 is 1.00 bits per heavy atom. The molecule has 2 aliphatic rings. The monoisotopic (exact) mass is 497 g/mol. The number of piperazine rings is 1. The third-order valence-corrected chi connectivity index (χ3v) is 7.50. The zero-order chi connectivity index (χ0) is 25.2. The molecule has 1 aromatic carbocycles. The number of ether oxygens (including phenoxy) is 1. The van der Waals surface area contributed by atoms with Crippen molar-refractivity contribution in [1.29, 1.82) is 0 Å². The molecule has 4 aromatic rings. The van der Waals surface area contributed by atoms with E-state index in [1.54, 1.807) is 13.3 Å². The molecule has 9 heteroatoms. The van der Waals surface area contributed by atoms with Gasteiger partial charge in [0.1, 0.15) is 17.9 Å². The molecule has 1 fully saturated rings. The van der Waals surface area contributed by atoms with Gasteiger partial charge in [-0.15, -0.1) is 10.2 Å². The molecule has 190 valence electrons. The van der Waals surface area contributed by atoms with Crippen LogP contribution in [0.5, 0.6) is 5.75 Å². The third kappa shape index (κ3) is 4.91. The van der Waals surface area contributed by atoms with E-state index < -0.39 is 0 Å². The topological polar surface area (TPSA) is 88.8 Å². The zero-order valence-electron chi connectivity index (χ0n) is 21.1. The van der Waals surface area contributed by atoms with E-state index in [9.17, 15) is 4.79 Å². The predicted octanol–water partition coefficient (Wildman–Crippen LogP) is 2.61. The van der Waals surface area contributed by atoms with Crippen LogP contribution in [0.3, 0.4) is 0 Å². The Bertz CT molecular complexity index is 1410. The van der Waals surface area contributed by atoms with Crippen LogP contribution in [0.1, 0.15) is 29.6 Å². The van der Waals surface area contributed by atoms with E-state index in [0.29, 0.717) is 0 Å². The molecule has 5 heterocycles. The number of amides is 1. The Balaban J connectivity index is 1.12. The minimum Gasteiger partial charge on any atom is -0.493 e. The van der Waals surface area contributed by atoms with Crippen LogP contribution in [-0.2, 0) is 30.5 Å². The largest absolute Gasteiger partial charge is 0.493 e. The first kappa shape index (κ1) is 23.5. The summed E-state index contributed by atoms with van der Waals surface area (Å²) in [6.45, 7) is 6.80. The fraction of sp³-hybridized carbons (Fsp3) is 0.393. The molecule has 0 radical (unpaired) electrons. The summed E-state index contributed by atoms with van der Waals surface area (Å²) in [6.07, 6.45) is 9.08. The van der Waals surface area contributed by atoms with Gasteiger partial charge in [0.05, 0.1) is 6.61 Å². The molecule has 3 aromatic heterocycles. The normalized spacial score (nSPS) is 15.6. The summed E-state index contributed by atoms with van der Waals surface area (Å²) < 4.78 is 7.71. The molecule has 9 nitrogen and oxygen atoms in total. The quantitative estimate of drug-likeness (QED) is 0.388. The highest BCUT2D eigenvalue weighted by Gasteiger charge is 2.19. The van der Waals surface area contributed by atoms with Gasteiger partial charge < -0.3 is 9.64 Å². The number of carbonyl (C=O) groups excluding carboxylic acids is 1. The summed E-state index contributed by atoms with van der Waals surface area (Å²) in [4.78, 5) is 25.3. The van der Waals surface area contributed by atoms with Crippen LogP contribution in [0.4, 0.5) is 0 Å². The lowest BCUT2D eigenvalue weighted by molar-refractivity contribution is -0.130. The molecule has 0 aliphatic carbocycles. The number of rotatable bonds is 7. The highest BCUT2D eigenvalue weighted by molar-refractivity contribution is 5.76. The number of benzene rings is 1. The zero-order valence-corrected chi connectivity index (χ0v) is 21.1. The fourth-order valence-electron chi connectivity index (χ4n) is 5.32. The Hall–Kier alpha value is -3.85. The maximum Gasteiger partial charge on any atom is 0.219 e. The second kappa shape index (κ2) is 10.3. The van der Waals surface area contributed by atoms with E-state index in [0.717, 1.165) is 99.1 Å². The van der Waals surface area contributed by atoms with Crippen molar-refractivity contribution in [3.05, 3.63) is 71.7 Å². The van der Waals surface area contributed by atoms with Crippen molar-refractivity contribution in [2.45, 2.75) is 32.6 Å². The number of aromatic nitrogens is 5. The Kier molecular flexibility index (Phi) is 6.53. The molecule has 0 saturated carbocycles. The van der Waals surface area contributed by atoms with Crippen LogP contribution in [-0.4, -0.2) is 79.6 Å². The Morgan fingerprint density at radius 2 is 1.89 bits per heavy atom. The summed E-state index contributed by atoms with van der Waals surface area (Å²) in [6, 6.07) is 10.5. The van der Waals surface area contributed by atoms with Crippen molar-refractivity contribution in [2.75, 3.05) is 39.3 Å². The second-order valence-corrected chi connectivity index (χ2v) is 9.74. The highest BCUT2D eigenvalue weighted by atomic mass is 16.5. The Morgan fingerprint density at radius 3 is 2.70 bits per heavy atom. The maximum atomic E-state index is 11.5. The molecular formula is C28H31N7O2. The van der Waals surface area contributed by atoms with Gasteiger partial charge >= 0.3 is 0 Å². The van der Waals surface area contributed by atoms with Crippen molar-refractivity contribution in [3.8, 4) is 16.9 Å². The van der Waals surface area contributed by atoms with Gasteiger partial charge in [0.15, 0.2) is 5.65 Å². The number of hydrogen-bond acceptors (Lipinski definition) is 7. The number of nitrogens with zero attached hydrogens (tertiary/aromatic N) is 7. The van der Waals surface area contributed by atoms with Gasteiger partial charge in [-0.1, -0.05) is 18.2 Å². The molecule has 0 N–H and O–H groups in total. The molecule has 2 aliphatic heterocycles. The molecule has 6 rings (SSSR count). The highest BCUT2D eigenvalue weighted by Crippen LogP contribution is 2.29. The molecule has 0 spiro atoms. The van der Waals surface area contributed by atoms with Crippen molar-refractivity contribution in [2.24, 2.45) is 0 Å². The lowest BCUT2D eigenvalue weighted by atomic mass is 10.0. The average molecular weight is 498 g/mol. The second-order valence-electron chi connectivity index (χ2n) is 9.74. The van der Waals surface area contributed by atoms with Crippen LogP contribution in [0.25, 0.3) is 16.8 Å². The first-order valence-corrected chi connectivity index (χ1v) is 13.0. The summed E-state index contributed by atoms with van der Waals surface area (Å²) in [7, 11) is 0. The number of aryl methyl sites for hydroxylation is 2.